The second kappa shape index (κ2) is 7.37. The van der Waals surface area contributed by atoms with Crippen LogP contribution in [0, 0.1) is 10.1 Å². The Morgan fingerprint density at radius 3 is 2.22 bits per heavy atom. The maximum absolute atomic E-state index is 12.5. The summed E-state index contributed by atoms with van der Waals surface area (Å²) in [6.07, 6.45) is 0. The Balaban J connectivity index is 2.01. The number of hydrogen-bond acceptors (Lipinski definition) is 6. The van der Waals surface area contributed by atoms with Crippen molar-refractivity contribution in [1.29, 1.82) is 0 Å². The van der Waals surface area contributed by atoms with Crippen LogP contribution in [0.4, 0.5) is 5.69 Å². The van der Waals surface area contributed by atoms with Crippen LogP contribution >= 0.6 is 0 Å². The summed E-state index contributed by atoms with van der Waals surface area (Å²) in [5.74, 6) is 0.0247. The zero-order chi connectivity index (χ0) is 17.0. The molecule has 1 aromatic rings. The van der Waals surface area contributed by atoms with Gasteiger partial charge in [0.25, 0.3) is 5.69 Å². The summed E-state index contributed by atoms with van der Waals surface area (Å²) < 4.78 is 25.0. The summed E-state index contributed by atoms with van der Waals surface area (Å²) in [5, 5.41) is 10.6. The molecule has 1 fully saturated rings. The fourth-order valence-corrected chi connectivity index (χ4v) is 4.40. The Labute approximate surface area is 137 Å². The van der Waals surface area contributed by atoms with Crippen molar-refractivity contribution in [2.45, 2.75) is 24.8 Å². The van der Waals surface area contributed by atoms with E-state index in [2.05, 4.69) is 16.7 Å². The number of likely N-dealkylation sites (N-methyl/N-ethyl adjacent to an activating group) is 1. The van der Waals surface area contributed by atoms with Crippen molar-refractivity contribution in [2.24, 2.45) is 0 Å². The lowest BCUT2D eigenvalue weighted by molar-refractivity contribution is -0.384. The molecule has 8 heteroatoms. The number of non-ortho nitro benzene ring substituents is 1. The summed E-state index contributed by atoms with van der Waals surface area (Å²) in [7, 11) is -3.45. The average molecular weight is 341 g/mol. The van der Waals surface area contributed by atoms with Crippen LogP contribution in [0.2, 0.25) is 0 Å². The van der Waals surface area contributed by atoms with E-state index < -0.39 is 14.8 Å². The maximum Gasteiger partial charge on any atom is 0.269 e. The van der Waals surface area contributed by atoms with Crippen molar-refractivity contribution in [3.8, 4) is 0 Å². The molecule has 128 valence electrons. The van der Waals surface area contributed by atoms with Crippen LogP contribution in [0.5, 0.6) is 0 Å². The van der Waals surface area contributed by atoms with Crippen molar-refractivity contribution >= 4 is 15.5 Å². The first kappa shape index (κ1) is 17.8. The topological polar surface area (TPSA) is 83.8 Å². The number of piperazine rings is 1. The molecule has 0 radical (unpaired) electrons. The Hall–Kier alpha value is -1.51. The second-order valence-electron chi connectivity index (χ2n) is 5.85. The van der Waals surface area contributed by atoms with Gasteiger partial charge in [0.2, 0.25) is 0 Å². The van der Waals surface area contributed by atoms with Crippen LogP contribution in [0.15, 0.2) is 29.2 Å². The van der Waals surface area contributed by atoms with Crippen LogP contribution in [0.25, 0.3) is 0 Å². The van der Waals surface area contributed by atoms with Crippen molar-refractivity contribution in [1.82, 2.24) is 9.80 Å². The van der Waals surface area contributed by atoms with Gasteiger partial charge >= 0.3 is 0 Å². The van der Waals surface area contributed by atoms with Crippen LogP contribution < -0.4 is 0 Å². The third-order valence-corrected chi connectivity index (χ3v) is 6.26. The fraction of sp³-hybridized carbons (Fsp3) is 0.600. The molecule has 1 aromatic carbocycles. The van der Waals surface area contributed by atoms with Gasteiger partial charge in [-0.05, 0) is 25.6 Å². The molecule has 23 heavy (non-hydrogen) atoms. The van der Waals surface area contributed by atoms with E-state index in [9.17, 15) is 18.5 Å². The first-order valence-corrected chi connectivity index (χ1v) is 9.42. The summed E-state index contributed by atoms with van der Waals surface area (Å²) in [5.41, 5.74) is -0.104. The van der Waals surface area contributed by atoms with Gasteiger partial charge < -0.3 is 4.90 Å². The third-order valence-electron chi connectivity index (χ3n) is 4.34. The van der Waals surface area contributed by atoms with E-state index >= 15 is 0 Å². The molecule has 0 bridgehead atoms. The largest absolute Gasteiger partial charge is 0.301 e. The fourth-order valence-electron chi connectivity index (χ4n) is 2.81. The summed E-state index contributed by atoms with van der Waals surface area (Å²) in [4.78, 5) is 14.8. The van der Waals surface area contributed by atoms with Crippen molar-refractivity contribution < 1.29 is 13.3 Å². The maximum atomic E-state index is 12.5. The van der Waals surface area contributed by atoms with Crippen molar-refractivity contribution in [3.63, 3.8) is 0 Å². The molecule has 0 amide bonds. The summed E-state index contributed by atoms with van der Waals surface area (Å²) in [6, 6.07) is 5.02. The third kappa shape index (κ3) is 4.49. The molecule has 2 rings (SSSR count). The number of rotatable bonds is 6. The molecule has 7 nitrogen and oxygen atoms in total. The predicted molar refractivity (Wildman–Crippen MR) is 88.3 cm³/mol. The van der Waals surface area contributed by atoms with E-state index in [0.717, 1.165) is 32.7 Å². The minimum absolute atomic E-state index is 0.0247. The van der Waals surface area contributed by atoms with Gasteiger partial charge in [-0.2, -0.15) is 0 Å². The van der Waals surface area contributed by atoms with E-state index in [4.69, 9.17) is 0 Å². The SMILES string of the molecule is CCN1CCN([C@H](C)CS(=O)(=O)c2ccc([N+](=O)[O-])cc2)CC1. The van der Waals surface area contributed by atoms with Gasteiger partial charge in [-0.3, -0.25) is 15.0 Å². The first-order chi connectivity index (χ1) is 10.8. The zero-order valence-corrected chi connectivity index (χ0v) is 14.3. The quantitative estimate of drug-likeness (QED) is 0.574. The van der Waals surface area contributed by atoms with Crippen molar-refractivity contribution in [3.05, 3.63) is 34.4 Å². The predicted octanol–water partition coefficient (Wildman–Crippen LogP) is 1.39. The molecule has 1 aliphatic heterocycles. The monoisotopic (exact) mass is 341 g/mol. The van der Waals surface area contributed by atoms with Crippen LogP contribution in [0.3, 0.4) is 0 Å². The number of nitro groups is 1. The standard InChI is InChI=1S/C15H23N3O4S/c1-3-16-8-10-17(11-9-16)13(2)12-23(21,22)15-6-4-14(5-7-15)18(19)20/h4-7,13H,3,8-12H2,1-2H3/t13-/m1/s1. The lowest BCUT2D eigenvalue weighted by Crippen LogP contribution is -2.50. The average Bonchev–Trinajstić information content (AvgIpc) is 2.54. The Kier molecular flexibility index (Phi) is 5.72. The van der Waals surface area contributed by atoms with E-state index in [1.807, 2.05) is 6.92 Å². The van der Waals surface area contributed by atoms with Gasteiger partial charge in [0, 0.05) is 44.4 Å². The van der Waals surface area contributed by atoms with Crippen LogP contribution in [0.1, 0.15) is 13.8 Å². The minimum atomic E-state index is -3.45. The Morgan fingerprint density at radius 2 is 1.74 bits per heavy atom. The molecule has 0 N–H and O–H groups in total. The highest BCUT2D eigenvalue weighted by molar-refractivity contribution is 7.91. The number of nitro benzene ring substituents is 1. The minimum Gasteiger partial charge on any atom is -0.301 e. The Bertz CT molecular complexity index is 637. The number of hydrogen-bond donors (Lipinski definition) is 0. The van der Waals surface area contributed by atoms with E-state index in [1.165, 1.54) is 24.3 Å². The number of benzene rings is 1. The molecule has 0 aliphatic carbocycles. The van der Waals surface area contributed by atoms with Crippen molar-refractivity contribution in [2.75, 3.05) is 38.5 Å². The normalized spacial score (nSPS) is 18.7. The first-order valence-electron chi connectivity index (χ1n) is 7.77. The molecule has 1 atom stereocenters. The number of sulfone groups is 1. The summed E-state index contributed by atoms with van der Waals surface area (Å²) >= 11 is 0. The molecular weight excluding hydrogens is 318 g/mol. The van der Waals surface area contributed by atoms with Crippen LogP contribution in [-0.4, -0.2) is 67.7 Å². The molecule has 0 spiro atoms. The van der Waals surface area contributed by atoms with Crippen LogP contribution in [-0.2, 0) is 9.84 Å². The highest BCUT2D eigenvalue weighted by atomic mass is 32.2. The van der Waals surface area contributed by atoms with Gasteiger partial charge in [-0.25, -0.2) is 8.42 Å². The van der Waals surface area contributed by atoms with Gasteiger partial charge in [0.1, 0.15) is 0 Å². The summed E-state index contributed by atoms with van der Waals surface area (Å²) in [6.45, 7) is 8.71. The van der Waals surface area contributed by atoms with Gasteiger partial charge in [-0.15, -0.1) is 0 Å². The second-order valence-corrected chi connectivity index (χ2v) is 7.89. The molecule has 0 saturated carbocycles. The molecule has 1 saturated heterocycles. The zero-order valence-electron chi connectivity index (χ0n) is 13.5. The molecule has 1 heterocycles. The van der Waals surface area contributed by atoms with Gasteiger partial charge in [0.15, 0.2) is 9.84 Å². The van der Waals surface area contributed by atoms with Gasteiger partial charge in [-0.1, -0.05) is 6.92 Å². The lowest BCUT2D eigenvalue weighted by Gasteiger charge is -2.37. The molecular formula is C15H23N3O4S. The van der Waals surface area contributed by atoms with E-state index in [-0.39, 0.29) is 22.4 Å². The molecule has 1 aliphatic rings. The van der Waals surface area contributed by atoms with Gasteiger partial charge in [0.05, 0.1) is 15.6 Å². The lowest BCUT2D eigenvalue weighted by atomic mass is 10.2. The Morgan fingerprint density at radius 1 is 1.17 bits per heavy atom. The van der Waals surface area contributed by atoms with E-state index in [1.54, 1.807) is 0 Å². The number of nitrogens with zero attached hydrogens (tertiary/aromatic N) is 3. The molecule has 0 unspecified atom stereocenters. The highest BCUT2D eigenvalue weighted by Gasteiger charge is 2.26. The smallest absolute Gasteiger partial charge is 0.269 e. The highest BCUT2D eigenvalue weighted by Crippen LogP contribution is 2.19. The van der Waals surface area contributed by atoms with E-state index in [0.29, 0.717) is 0 Å². The molecule has 0 aromatic heterocycles.